The molecule has 0 aromatic heterocycles. The molecule has 0 radical (unpaired) electrons. The van der Waals surface area contributed by atoms with Crippen LogP contribution in [0.4, 0.5) is 0 Å². The van der Waals surface area contributed by atoms with E-state index in [1.54, 1.807) is 13.8 Å². The van der Waals surface area contributed by atoms with Crippen LogP contribution in [0.2, 0.25) is 0 Å². The van der Waals surface area contributed by atoms with Crippen molar-refractivity contribution in [2.24, 2.45) is 0 Å². The molecule has 1 fully saturated rings. The highest BCUT2D eigenvalue weighted by Crippen LogP contribution is 2.54. The summed E-state index contributed by atoms with van der Waals surface area (Å²) in [6.45, 7) is 3.36. The Morgan fingerprint density at radius 1 is 0.667 bits per heavy atom. The fourth-order valence-electron chi connectivity index (χ4n) is 3.68. The molecule has 6 N–H and O–H groups in total. The molecule has 2 unspecified atom stereocenters. The van der Waals surface area contributed by atoms with Crippen LogP contribution in [0.5, 0.6) is 23.0 Å². The molecule has 128 valence electrons. The van der Waals surface area contributed by atoms with Gasteiger partial charge in [0.25, 0.3) is 0 Å². The van der Waals surface area contributed by atoms with Crippen molar-refractivity contribution in [3.05, 3.63) is 46.5 Å². The van der Waals surface area contributed by atoms with E-state index in [1.807, 2.05) is 0 Å². The minimum atomic E-state index is -1.10. The molecule has 0 aliphatic heterocycles. The standard InChI is InChI=1S/C18H20O6/c1-7-3-10(20)14(11(21)4-7)16-17(23)15(18(16)24)13-8(2)5-9(19)6-12(13)22/h3-6,15-24H,1-2H3. The quantitative estimate of drug-likeness (QED) is 0.498. The molecule has 24 heavy (non-hydrogen) atoms. The number of aryl methyl sites for hydroxylation is 2. The van der Waals surface area contributed by atoms with Gasteiger partial charge in [-0.3, -0.25) is 0 Å². The fraction of sp³-hybridized carbons (Fsp3) is 0.333. The molecule has 0 spiro atoms. The van der Waals surface area contributed by atoms with Crippen molar-refractivity contribution >= 4 is 0 Å². The summed E-state index contributed by atoms with van der Waals surface area (Å²) in [5.74, 6) is -2.37. The predicted molar refractivity (Wildman–Crippen MR) is 86.5 cm³/mol. The maximum atomic E-state index is 10.5. The number of aliphatic hydroxyl groups is 2. The van der Waals surface area contributed by atoms with Crippen molar-refractivity contribution < 1.29 is 30.6 Å². The highest BCUT2D eigenvalue weighted by Gasteiger charge is 2.53. The van der Waals surface area contributed by atoms with Crippen LogP contribution in [0.15, 0.2) is 24.3 Å². The fourth-order valence-corrected chi connectivity index (χ4v) is 3.68. The van der Waals surface area contributed by atoms with E-state index in [-0.39, 0.29) is 28.6 Å². The summed E-state index contributed by atoms with van der Waals surface area (Å²) in [4.78, 5) is 0. The summed E-state index contributed by atoms with van der Waals surface area (Å²) in [5.41, 5.74) is 1.62. The second kappa shape index (κ2) is 5.58. The van der Waals surface area contributed by atoms with Gasteiger partial charge in [0, 0.05) is 29.0 Å². The first-order chi connectivity index (χ1) is 11.2. The van der Waals surface area contributed by atoms with Gasteiger partial charge in [-0.1, -0.05) is 0 Å². The number of benzene rings is 2. The van der Waals surface area contributed by atoms with Gasteiger partial charge < -0.3 is 30.6 Å². The van der Waals surface area contributed by atoms with Crippen molar-refractivity contribution in [1.29, 1.82) is 0 Å². The second-order valence-electron chi connectivity index (χ2n) is 6.45. The molecule has 6 heteroatoms. The molecule has 1 saturated carbocycles. The Morgan fingerprint density at radius 2 is 1.12 bits per heavy atom. The average molecular weight is 332 g/mol. The first-order valence-corrected chi connectivity index (χ1v) is 7.63. The lowest BCUT2D eigenvalue weighted by molar-refractivity contribution is -0.0806. The molecule has 0 heterocycles. The highest BCUT2D eigenvalue weighted by molar-refractivity contribution is 5.55. The van der Waals surface area contributed by atoms with Gasteiger partial charge in [-0.25, -0.2) is 0 Å². The van der Waals surface area contributed by atoms with Gasteiger partial charge in [0.1, 0.15) is 23.0 Å². The third-order valence-corrected chi connectivity index (χ3v) is 4.77. The van der Waals surface area contributed by atoms with E-state index in [4.69, 9.17) is 0 Å². The van der Waals surface area contributed by atoms with Gasteiger partial charge in [0.15, 0.2) is 0 Å². The maximum Gasteiger partial charge on any atom is 0.123 e. The predicted octanol–water partition coefficient (Wildman–Crippen LogP) is 1.73. The lowest BCUT2D eigenvalue weighted by atomic mass is 9.62. The Hall–Kier alpha value is -2.44. The first-order valence-electron chi connectivity index (χ1n) is 7.63. The summed E-state index contributed by atoms with van der Waals surface area (Å²) in [6.07, 6.45) is -2.21. The van der Waals surface area contributed by atoms with E-state index in [1.165, 1.54) is 18.2 Å². The summed E-state index contributed by atoms with van der Waals surface area (Å²) in [5, 5.41) is 60.8. The zero-order chi connectivity index (χ0) is 17.8. The number of phenols is 4. The molecule has 1 aliphatic rings. The second-order valence-corrected chi connectivity index (χ2v) is 6.45. The summed E-state index contributed by atoms with van der Waals surface area (Å²) >= 11 is 0. The normalized spacial score (nSPS) is 26.2. The third kappa shape index (κ3) is 2.35. The van der Waals surface area contributed by atoms with Gasteiger partial charge in [0.05, 0.1) is 12.2 Å². The molecule has 1 aliphatic carbocycles. The smallest absolute Gasteiger partial charge is 0.123 e. The van der Waals surface area contributed by atoms with Crippen molar-refractivity contribution in [3.63, 3.8) is 0 Å². The highest BCUT2D eigenvalue weighted by atomic mass is 16.3. The van der Waals surface area contributed by atoms with Crippen LogP contribution in [0, 0.1) is 13.8 Å². The molecule has 2 atom stereocenters. The number of hydrogen-bond acceptors (Lipinski definition) is 6. The minimum absolute atomic E-state index is 0.0905. The number of aromatic hydroxyl groups is 4. The van der Waals surface area contributed by atoms with Crippen LogP contribution in [0.3, 0.4) is 0 Å². The first kappa shape index (κ1) is 16.4. The Kier molecular flexibility index (Phi) is 3.81. The zero-order valence-electron chi connectivity index (χ0n) is 13.3. The lowest BCUT2D eigenvalue weighted by Gasteiger charge is -2.47. The Bertz CT molecular complexity index is 679. The molecule has 6 nitrogen and oxygen atoms in total. The van der Waals surface area contributed by atoms with Crippen molar-refractivity contribution in [2.75, 3.05) is 0 Å². The number of rotatable bonds is 2. The van der Waals surface area contributed by atoms with E-state index in [9.17, 15) is 30.6 Å². The largest absolute Gasteiger partial charge is 0.508 e. The molecular formula is C18H20O6. The van der Waals surface area contributed by atoms with Gasteiger partial charge in [0.2, 0.25) is 0 Å². The summed E-state index contributed by atoms with van der Waals surface area (Å²) < 4.78 is 0. The van der Waals surface area contributed by atoms with Crippen LogP contribution in [0.1, 0.15) is 34.1 Å². The molecule has 2 aromatic rings. The minimum Gasteiger partial charge on any atom is -0.508 e. The van der Waals surface area contributed by atoms with E-state index >= 15 is 0 Å². The number of hydrogen-bond donors (Lipinski definition) is 6. The Labute approximate surface area is 138 Å². The van der Waals surface area contributed by atoms with E-state index < -0.39 is 24.0 Å². The molecule has 3 rings (SSSR count). The summed E-state index contributed by atoms with van der Waals surface area (Å²) in [6, 6.07) is 5.48. The van der Waals surface area contributed by atoms with Crippen LogP contribution in [-0.4, -0.2) is 42.8 Å². The van der Waals surface area contributed by atoms with Crippen LogP contribution >= 0.6 is 0 Å². The Balaban J connectivity index is 2.00. The molecular weight excluding hydrogens is 312 g/mol. The van der Waals surface area contributed by atoms with E-state index in [0.29, 0.717) is 16.7 Å². The average Bonchev–Trinajstić information content (AvgIpc) is 2.46. The topological polar surface area (TPSA) is 121 Å². The zero-order valence-corrected chi connectivity index (χ0v) is 13.3. The van der Waals surface area contributed by atoms with Crippen LogP contribution < -0.4 is 0 Å². The molecule has 0 amide bonds. The van der Waals surface area contributed by atoms with Crippen LogP contribution in [-0.2, 0) is 0 Å². The monoisotopic (exact) mass is 332 g/mol. The third-order valence-electron chi connectivity index (χ3n) is 4.77. The van der Waals surface area contributed by atoms with E-state index in [0.717, 1.165) is 6.07 Å². The van der Waals surface area contributed by atoms with Crippen molar-refractivity contribution in [3.8, 4) is 23.0 Å². The summed E-state index contributed by atoms with van der Waals surface area (Å²) in [7, 11) is 0. The van der Waals surface area contributed by atoms with E-state index in [2.05, 4.69) is 0 Å². The molecule has 2 aromatic carbocycles. The molecule has 0 bridgehead atoms. The Morgan fingerprint density at radius 3 is 1.62 bits per heavy atom. The lowest BCUT2D eigenvalue weighted by Crippen LogP contribution is -2.52. The SMILES string of the molecule is Cc1cc(O)c(C2C(O)C(c3c(C)cc(O)cc3O)C2O)c(O)c1. The maximum absolute atomic E-state index is 10.5. The number of phenolic OH excluding ortho intramolecular Hbond substituents is 4. The van der Waals surface area contributed by atoms with Crippen molar-refractivity contribution in [2.45, 2.75) is 37.9 Å². The van der Waals surface area contributed by atoms with Crippen LogP contribution in [0.25, 0.3) is 0 Å². The van der Waals surface area contributed by atoms with Crippen molar-refractivity contribution in [1.82, 2.24) is 0 Å². The number of aliphatic hydroxyl groups excluding tert-OH is 2. The van der Waals surface area contributed by atoms with Gasteiger partial charge in [-0.15, -0.1) is 0 Å². The molecule has 0 saturated heterocycles. The van der Waals surface area contributed by atoms with Gasteiger partial charge >= 0.3 is 0 Å². The van der Waals surface area contributed by atoms with Gasteiger partial charge in [-0.2, -0.15) is 0 Å². The van der Waals surface area contributed by atoms with Gasteiger partial charge in [-0.05, 0) is 43.2 Å².